The first-order chi connectivity index (χ1) is 9.88. The van der Waals surface area contributed by atoms with Crippen molar-refractivity contribution in [3.63, 3.8) is 0 Å². The summed E-state index contributed by atoms with van der Waals surface area (Å²) >= 11 is 0. The molecule has 0 radical (unpaired) electrons. The summed E-state index contributed by atoms with van der Waals surface area (Å²) in [5.74, 6) is 0. The molecule has 20 heavy (non-hydrogen) atoms. The third kappa shape index (κ3) is 1.46. The Labute approximate surface area is 116 Å². The van der Waals surface area contributed by atoms with Crippen molar-refractivity contribution < 1.29 is 4.84 Å². The van der Waals surface area contributed by atoms with Crippen molar-refractivity contribution in [3.8, 4) is 11.3 Å². The van der Waals surface area contributed by atoms with Crippen molar-refractivity contribution in [2.24, 2.45) is 0 Å². The number of benzene rings is 2. The number of nitrogens with one attached hydrogen (secondary N) is 1. The van der Waals surface area contributed by atoms with Gasteiger partial charge in [-0.15, -0.1) is 0 Å². The molecule has 3 nitrogen and oxygen atoms in total. The highest BCUT2D eigenvalue weighted by Gasteiger charge is 2.13. The smallest absolute Gasteiger partial charge is 0.104 e. The zero-order chi connectivity index (χ0) is 13.5. The maximum atomic E-state index is 5.58. The minimum absolute atomic E-state index is 1.07. The van der Waals surface area contributed by atoms with Crippen LogP contribution in [0, 0.1) is 0 Å². The van der Waals surface area contributed by atoms with Gasteiger partial charge in [-0.25, -0.2) is 0 Å². The summed E-state index contributed by atoms with van der Waals surface area (Å²) in [6.07, 6.45) is 1.97. The van der Waals surface area contributed by atoms with Crippen molar-refractivity contribution in [2.75, 3.05) is 7.11 Å². The normalized spacial score (nSPS) is 11.2. The van der Waals surface area contributed by atoms with Crippen LogP contribution in [0.2, 0.25) is 0 Å². The lowest BCUT2D eigenvalue weighted by atomic mass is 10.1. The molecule has 0 unspecified atom stereocenters. The largest absolute Gasteiger partial charge is 0.417 e. The lowest BCUT2D eigenvalue weighted by Crippen LogP contribution is -2.06. The van der Waals surface area contributed by atoms with Crippen LogP contribution in [0.5, 0.6) is 0 Å². The van der Waals surface area contributed by atoms with E-state index in [0.717, 1.165) is 16.7 Å². The number of fused-ring (bicyclic) bond motifs is 2. The minimum Gasteiger partial charge on any atom is -0.417 e. The van der Waals surface area contributed by atoms with Gasteiger partial charge >= 0.3 is 0 Å². The van der Waals surface area contributed by atoms with Crippen molar-refractivity contribution in [2.45, 2.75) is 0 Å². The van der Waals surface area contributed by atoms with E-state index in [1.54, 1.807) is 7.11 Å². The molecular weight excluding hydrogens is 248 g/mol. The number of rotatable bonds is 2. The predicted molar refractivity (Wildman–Crippen MR) is 81.7 cm³/mol. The standard InChI is InChI=1S/C17H14N2O/c1-20-19-16-8-3-2-5-12(16)11-17(19)14-6-4-7-15-13(14)9-10-18-15/h2-11,18H,1H3. The fraction of sp³-hybridized carbons (Fsp3) is 0.0588. The van der Waals surface area contributed by atoms with Crippen molar-refractivity contribution >= 4 is 21.8 Å². The van der Waals surface area contributed by atoms with Gasteiger partial charge in [0.25, 0.3) is 0 Å². The average Bonchev–Trinajstić information content (AvgIpc) is 3.10. The number of para-hydroxylation sites is 1. The predicted octanol–water partition coefficient (Wildman–Crippen LogP) is 3.85. The molecule has 4 rings (SSSR count). The second-order valence-corrected chi connectivity index (χ2v) is 4.81. The van der Waals surface area contributed by atoms with E-state index < -0.39 is 0 Å². The third-order valence-electron chi connectivity index (χ3n) is 3.72. The molecule has 1 N–H and O–H groups in total. The van der Waals surface area contributed by atoms with Crippen molar-refractivity contribution in [1.82, 2.24) is 9.71 Å². The van der Waals surface area contributed by atoms with Crippen LogP contribution in [0.15, 0.2) is 60.8 Å². The van der Waals surface area contributed by atoms with Gasteiger partial charge in [0.05, 0.1) is 11.2 Å². The molecule has 2 heterocycles. The highest BCUT2D eigenvalue weighted by atomic mass is 16.6. The average molecular weight is 262 g/mol. The van der Waals surface area contributed by atoms with Crippen molar-refractivity contribution in [1.29, 1.82) is 0 Å². The summed E-state index contributed by atoms with van der Waals surface area (Å²) in [5.41, 5.74) is 4.45. The number of aromatic nitrogens is 2. The first-order valence-electron chi connectivity index (χ1n) is 6.60. The van der Waals surface area contributed by atoms with Crippen LogP contribution < -0.4 is 4.84 Å². The van der Waals surface area contributed by atoms with E-state index in [9.17, 15) is 0 Å². The number of hydrogen-bond acceptors (Lipinski definition) is 1. The van der Waals surface area contributed by atoms with Crippen LogP contribution >= 0.6 is 0 Å². The molecule has 0 fully saturated rings. The first-order valence-corrected chi connectivity index (χ1v) is 6.60. The SMILES string of the molecule is COn1c(-c2cccc3[nH]ccc23)cc2ccccc21. The van der Waals surface area contributed by atoms with Crippen LogP contribution in [-0.2, 0) is 0 Å². The molecule has 0 amide bonds. The van der Waals surface area contributed by atoms with Crippen LogP contribution in [0.3, 0.4) is 0 Å². The van der Waals surface area contributed by atoms with Gasteiger partial charge in [-0.05, 0) is 24.3 Å². The van der Waals surface area contributed by atoms with Crippen LogP contribution in [0.25, 0.3) is 33.1 Å². The van der Waals surface area contributed by atoms with E-state index in [4.69, 9.17) is 4.84 Å². The molecule has 2 aromatic carbocycles. The molecule has 0 aliphatic heterocycles. The highest BCUT2D eigenvalue weighted by Crippen LogP contribution is 2.32. The molecule has 0 atom stereocenters. The molecule has 0 saturated carbocycles. The molecule has 0 aliphatic carbocycles. The maximum absolute atomic E-state index is 5.58. The van der Waals surface area contributed by atoms with Gasteiger partial charge in [0.1, 0.15) is 7.11 Å². The van der Waals surface area contributed by atoms with E-state index in [0.29, 0.717) is 0 Å². The Hall–Kier alpha value is -2.68. The second-order valence-electron chi connectivity index (χ2n) is 4.81. The fourth-order valence-corrected chi connectivity index (χ4v) is 2.82. The van der Waals surface area contributed by atoms with Gasteiger partial charge in [-0.1, -0.05) is 30.3 Å². The molecule has 0 saturated heterocycles. The minimum atomic E-state index is 1.07. The quantitative estimate of drug-likeness (QED) is 0.584. The Morgan fingerprint density at radius 1 is 1.00 bits per heavy atom. The monoisotopic (exact) mass is 262 g/mol. The number of nitrogens with zero attached hydrogens (tertiary/aromatic N) is 1. The maximum Gasteiger partial charge on any atom is 0.104 e. The van der Waals surface area contributed by atoms with E-state index in [2.05, 4.69) is 47.4 Å². The Morgan fingerprint density at radius 3 is 2.80 bits per heavy atom. The topological polar surface area (TPSA) is 29.9 Å². The highest BCUT2D eigenvalue weighted by molar-refractivity contribution is 5.97. The molecule has 2 aromatic heterocycles. The van der Waals surface area contributed by atoms with Gasteiger partial charge in [0, 0.05) is 28.0 Å². The first kappa shape index (κ1) is 11.2. The molecule has 0 spiro atoms. The van der Waals surface area contributed by atoms with E-state index in [-0.39, 0.29) is 0 Å². The van der Waals surface area contributed by atoms with Gasteiger partial charge in [0.15, 0.2) is 0 Å². The summed E-state index contributed by atoms with van der Waals surface area (Å²) in [6.45, 7) is 0. The second kappa shape index (κ2) is 4.17. The summed E-state index contributed by atoms with van der Waals surface area (Å²) in [7, 11) is 1.70. The molecular formula is C17H14N2O. The van der Waals surface area contributed by atoms with E-state index >= 15 is 0 Å². The van der Waals surface area contributed by atoms with E-state index in [1.165, 1.54) is 16.3 Å². The number of aromatic amines is 1. The fourth-order valence-electron chi connectivity index (χ4n) is 2.82. The zero-order valence-corrected chi connectivity index (χ0v) is 11.1. The number of hydrogen-bond donors (Lipinski definition) is 1. The lowest BCUT2D eigenvalue weighted by molar-refractivity contribution is 0.183. The van der Waals surface area contributed by atoms with Crippen LogP contribution in [-0.4, -0.2) is 16.8 Å². The molecule has 0 bridgehead atoms. The Morgan fingerprint density at radius 2 is 1.90 bits per heavy atom. The van der Waals surface area contributed by atoms with Crippen LogP contribution in [0.1, 0.15) is 0 Å². The third-order valence-corrected chi connectivity index (χ3v) is 3.72. The summed E-state index contributed by atoms with van der Waals surface area (Å²) in [4.78, 5) is 8.84. The van der Waals surface area contributed by atoms with Crippen LogP contribution in [0.4, 0.5) is 0 Å². The number of H-pyrrole nitrogens is 1. The molecule has 98 valence electrons. The van der Waals surface area contributed by atoms with Gasteiger partial charge in [0.2, 0.25) is 0 Å². The zero-order valence-electron chi connectivity index (χ0n) is 11.1. The molecule has 3 heteroatoms. The summed E-state index contributed by atoms with van der Waals surface area (Å²) < 4.78 is 1.89. The van der Waals surface area contributed by atoms with Crippen molar-refractivity contribution in [3.05, 3.63) is 60.8 Å². The summed E-state index contributed by atoms with van der Waals surface area (Å²) in [6, 6.07) is 18.8. The summed E-state index contributed by atoms with van der Waals surface area (Å²) in [5, 5.41) is 2.38. The van der Waals surface area contributed by atoms with E-state index in [1.807, 2.05) is 23.1 Å². The van der Waals surface area contributed by atoms with Gasteiger partial charge in [-0.3, -0.25) is 0 Å². The Bertz CT molecular complexity index is 902. The molecule has 4 aromatic rings. The van der Waals surface area contributed by atoms with Gasteiger partial charge in [-0.2, -0.15) is 4.73 Å². The lowest BCUT2D eigenvalue weighted by Gasteiger charge is -2.09. The Balaban J connectivity index is 2.09. The van der Waals surface area contributed by atoms with Gasteiger partial charge < -0.3 is 9.82 Å². The molecule has 0 aliphatic rings. The Kier molecular flexibility index (Phi) is 2.33.